The molecule has 0 aromatic carbocycles. The number of halogens is 3. The second kappa shape index (κ2) is 8.58. The SMILES string of the molecule is COc1cc(OC)nc(NC(=O)NS(=O)(=O)c2nc(C(F)(F)F)c(C)cc2C(=O)O)n1. The van der Waals surface area contributed by atoms with Crippen LogP contribution in [-0.2, 0) is 16.2 Å². The van der Waals surface area contributed by atoms with Gasteiger partial charge in [-0.2, -0.15) is 31.6 Å². The molecule has 2 amide bonds. The van der Waals surface area contributed by atoms with Crippen LogP contribution in [0, 0.1) is 6.92 Å². The third kappa shape index (κ3) is 5.47. The first-order chi connectivity index (χ1) is 14.3. The van der Waals surface area contributed by atoms with Crippen LogP contribution in [-0.4, -0.2) is 54.7 Å². The van der Waals surface area contributed by atoms with Crippen LogP contribution >= 0.6 is 0 Å². The number of anilines is 1. The van der Waals surface area contributed by atoms with Crippen molar-refractivity contribution in [3.8, 4) is 11.8 Å². The number of aryl methyl sites for hydroxylation is 1. The van der Waals surface area contributed by atoms with Crippen molar-refractivity contribution >= 4 is 28.0 Å². The highest BCUT2D eigenvalue weighted by Crippen LogP contribution is 2.32. The summed E-state index contributed by atoms with van der Waals surface area (Å²) in [6, 6.07) is 0.219. The van der Waals surface area contributed by atoms with Crippen LogP contribution < -0.4 is 19.5 Å². The number of hydrogen-bond acceptors (Lipinski definition) is 9. The van der Waals surface area contributed by atoms with Gasteiger partial charge in [-0.25, -0.2) is 19.3 Å². The van der Waals surface area contributed by atoms with Gasteiger partial charge in [0.2, 0.25) is 17.7 Å². The number of nitrogens with zero attached hydrogens (tertiary/aromatic N) is 3. The number of amides is 2. The average molecular weight is 465 g/mol. The maximum Gasteiger partial charge on any atom is 0.433 e. The van der Waals surface area contributed by atoms with Gasteiger partial charge in [0.05, 0.1) is 25.8 Å². The molecule has 0 spiro atoms. The number of ether oxygens (including phenoxy) is 2. The van der Waals surface area contributed by atoms with Crippen molar-refractivity contribution in [2.75, 3.05) is 19.5 Å². The molecule has 168 valence electrons. The summed E-state index contributed by atoms with van der Waals surface area (Å²) >= 11 is 0. The minimum atomic E-state index is -5.16. The van der Waals surface area contributed by atoms with Gasteiger partial charge in [-0.15, -0.1) is 0 Å². The van der Waals surface area contributed by atoms with E-state index in [0.717, 1.165) is 6.92 Å². The highest BCUT2D eigenvalue weighted by molar-refractivity contribution is 7.90. The Bertz CT molecular complexity index is 1120. The first kappa shape index (κ1) is 23.6. The Labute approximate surface area is 172 Å². The molecule has 0 saturated carbocycles. The fraction of sp³-hybridized carbons (Fsp3) is 0.267. The first-order valence-electron chi connectivity index (χ1n) is 7.91. The fourth-order valence-electron chi connectivity index (χ4n) is 2.21. The number of rotatable bonds is 6. The summed E-state index contributed by atoms with van der Waals surface area (Å²) in [6.07, 6.45) is -5.07. The Balaban J connectivity index is 2.42. The van der Waals surface area contributed by atoms with E-state index < -0.39 is 56.0 Å². The predicted octanol–water partition coefficient (Wildman–Crippen LogP) is 1.42. The van der Waals surface area contributed by atoms with E-state index in [2.05, 4.69) is 15.0 Å². The number of urea groups is 1. The third-order valence-corrected chi connectivity index (χ3v) is 4.76. The van der Waals surface area contributed by atoms with Crippen molar-refractivity contribution < 1.29 is 45.8 Å². The smallest absolute Gasteiger partial charge is 0.433 e. The van der Waals surface area contributed by atoms with E-state index in [-0.39, 0.29) is 11.8 Å². The zero-order valence-electron chi connectivity index (χ0n) is 15.9. The molecule has 2 aromatic heterocycles. The summed E-state index contributed by atoms with van der Waals surface area (Å²) in [6.45, 7) is 0.909. The molecular formula is C15H14F3N5O7S. The van der Waals surface area contributed by atoms with Gasteiger partial charge >= 0.3 is 18.2 Å². The molecule has 0 aliphatic rings. The first-order valence-corrected chi connectivity index (χ1v) is 9.39. The number of carboxylic acid groups (broad SMARTS) is 1. The van der Waals surface area contributed by atoms with Crippen LogP contribution in [0.5, 0.6) is 11.8 Å². The van der Waals surface area contributed by atoms with Crippen molar-refractivity contribution in [2.24, 2.45) is 0 Å². The second-order valence-corrected chi connectivity index (χ2v) is 7.24. The normalized spacial score (nSPS) is 11.5. The van der Waals surface area contributed by atoms with E-state index in [1.807, 2.05) is 5.32 Å². The van der Waals surface area contributed by atoms with Gasteiger partial charge in [0.15, 0.2) is 5.03 Å². The lowest BCUT2D eigenvalue weighted by molar-refractivity contribution is -0.142. The zero-order valence-corrected chi connectivity index (χ0v) is 16.8. The maximum absolute atomic E-state index is 13.1. The molecule has 0 unspecified atom stereocenters. The number of carbonyl (C=O) groups excluding carboxylic acids is 1. The Morgan fingerprint density at radius 3 is 2.06 bits per heavy atom. The van der Waals surface area contributed by atoms with Crippen molar-refractivity contribution in [2.45, 2.75) is 18.1 Å². The largest absolute Gasteiger partial charge is 0.481 e. The number of aromatic carboxylic acids is 1. The van der Waals surface area contributed by atoms with Gasteiger partial charge in [-0.05, 0) is 18.6 Å². The number of carboxylic acids is 1. The van der Waals surface area contributed by atoms with E-state index in [9.17, 15) is 31.2 Å². The molecule has 0 bridgehead atoms. The van der Waals surface area contributed by atoms with E-state index in [1.54, 1.807) is 0 Å². The quantitative estimate of drug-likeness (QED) is 0.567. The van der Waals surface area contributed by atoms with Gasteiger partial charge in [0.1, 0.15) is 5.69 Å². The molecule has 2 rings (SSSR count). The molecule has 12 nitrogen and oxygen atoms in total. The highest BCUT2D eigenvalue weighted by atomic mass is 32.2. The number of hydrogen-bond donors (Lipinski definition) is 3. The molecule has 3 N–H and O–H groups in total. The standard InChI is InChI=1S/C15H14F3N5O7S/c1-6-4-7(12(24)25)11(21-10(6)15(16,17)18)31(27,28)23-14(26)22-13-19-8(29-2)5-9(20-13)30-3/h4-5H,1-3H3,(H,24,25)(H2,19,20,22,23,26). The lowest BCUT2D eigenvalue weighted by Crippen LogP contribution is -2.36. The van der Waals surface area contributed by atoms with Gasteiger partial charge in [0.25, 0.3) is 10.0 Å². The fourth-order valence-corrected chi connectivity index (χ4v) is 3.25. The summed E-state index contributed by atoms with van der Waals surface area (Å²) in [7, 11) is -2.68. The molecular weight excluding hydrogens is 451 g/mol. The number of methoxy groups -OCH3 is 2. The molecule has 0 aliphatic carbocycles. The van der Waals surface area contributed by atoms with E-state index >= 15 is 0 Å². The van der Waals surface area contributed by atoms with E-state index in [0.29, 0.717) is 6.07 Å². The third-order valence-electron chi connectivity index (χ3n) is 3.48. The van der Waals surface area contributed by atoms with Crippen molar-refractivity contribution in [3.63, 3.8) is 0 Å². The summed E-state index contributed by atoms with van der Waals surface area (Å²) in [5.74, 6) is -2.47. The highest BCUT2D eigenvalue weighted by Gasteiger charge is 2.38. The van der Waals surface area contributed by atoms with Gasteiger partial charge in [-0.1, -0.05) is 0 Å². The van der Waals surface area contributed by atoms with Crippen molar-refractivity contribution in [1.82, 2.24) is 19.7 Å². The van der Waals surface area contributed by atoms with Crippen LogP contribution in [0.15, 0.2) is 17.2 Å². The topological polar surface area (TPSA) is 170 Å². The number of sulfonamides is 1. The minimum Gasteiger partial charge on any atom is -0.481 e. The van der Waals surface area contributed by atoms with Crippen LogP contribution in [0.4, 0.5) is 23.9 Å². The predicted molar refractivity (Wildman–Crippen MR) is 95.4 cm³/mol. The molecule has 0 radical (unpaired) electrons. The molecule has 31 heavy (non-hydrogen) atoms. The van der Waals surface area contributed by atoms with Gasteiger partial charge in [-0.3, -0.25) is 5.32 Å². The number of carbonyl (C=O) groups is 2. The van der Waals surface area contributed by atoms with Crippen molar-refractivity contribution in [3.05, 3.63) is 29.0 Å². The lowest BCUT2D eigenvalue weighted by Gasteiger charge is -2.14. The Kier molecular flexibility index (Phi) is 6.53. The summed E-state index contributed by atoms with van der Waals surface area (Å²) in [4.78, 5) is 33.8. The van der Waals surface area contributed by atoms with Crippen LogP contribution in [0.3, 0.4) is 0 Å². The number of pyridine rings is 1. The molecule has 0 fully saturated rings. The molecule has 0 aliphatic heterocycles. The second-order valence-electron chi connectivity index (χ2n) is 5.65. The summed E-state index contributed by atoms with van der Waals surface area (Å²) in [5, 5.41) is 9.58. The van der Waals surface area contributed by atoms with Crippen LogP contribution in [0.1, 0.15) is 21.6 Å². The van der Waals surface area contributed by atoms with Crippen molar-refractivity contribution in [1.29, 1.82) is 0 Å². The summed E-state index contributed by atoms with van der Waals surface area (Å²) in [5.41, 5.74) is -3.31. The minimum absolute atomic E-state index is 0.0619. The number of aromatic nitrogens is 3. The molecule has 0 atom stereocenters. The Hall–Kier alpha value is -3.69. The molecule has 16 heteroatoms. The van der Waals surface area contributed by atoms with E-state index in [4.69, 9.17) is 14.6 Å². The maximum atomic E-state index is 13.1. The zero-order chi connectivity index (χ0) is 23.6. The Morgan fingerprint density at radius 2 is 1.61 bits per heavy atom. The Morgan fingerprint density at radius 1 is 1.06 bits per heavy atom. The van der Waals surface area contributed by atoms with E-state index in [1.165, 1.54) is 25.0 Å². The lowest BCUT2D eigenvalue weighted by atomic mass is 10.1. The van der Waals surface area contributed by atoms with Gasteiger partial charge in [0, 0.05) is 0 Å². The average Bonchev–Trinajstić information content (AvgIpc) is 2.65. The monoisotopic (exact) mass is 465 g/mol. The number of nitrogens with one attached hydrogen (secondary N) is 2. The van der Waals surface area contributed by atoms with Gasteiger partial charge < -0.3 is 14.6 Å². The molecule has 2 aromatic rings. The summed E-state index contributed by atoms with van der Waals surface area (Å²) < 4.78 is 75.2. The number of alkyl halides is 3. The van der Waals surface area contributed by atoms with Crippen LogP contribution in [0.25, 0.3) is 0 Å². The van der Waals surface area contributed by atoms with Crippen LogP contribution in [0.2, 0.25) is 0 Å². The molecule has 2 heterocycles. The molecule has 0 saturated heterocycles.